The molecule has 92 valence electrons. The van der Waals surface area contributed by atoms with Gasteiger partial charge in [-0.2, -0.15) is 0 Å². The molecule has 0 bridgehead atoms. The number of hydrogen-bond acceptors (Lipinski definition) is 4. The molecule has 4 nitrogen and oxygen atoms in total. The third-order valence-corrected chi connectivity index (χ3v) is 3.13. The molecule has 1 unspecified atom stereocenters. The first-order valence-corrected chi connectivity index (χ1v) is 5.84. The molecule has 2 aliphatic heterocycles. The van der Waals surface area contributed by atoms with Gasteiger partial charge < -0.3 is 18.9 Å². The Morgan fingerprint density at radius 2 is 1.94 bits per heavy atom. The third-order valence-electron chi connectivity index (χ3n) is 3.13. The zero-order valence-electron chi connectivity index (χ0n) is 9.74. The standard InChI is InChI=1S/C13H16O4/c1-14-13-12-11(17-12)10(16-13)8-15-7-9-5-3-2-4-6-9/h2-6,10-13H,7-8H2,1H3/t10?,11-,12-,13-/m0/s1. The van der Waals surface area contributed by atoms with Gasteiger partial charge in [0.1, 0.15) is 18.3 Å². The lowest BCUT2D eigenvalue weighted by molar-refractivity contribution is -0.171. The second-order valence-corrected chi connectivity index (χ2v) is 4.34. The van der Waals surface area contributed by atoms with Gasteiger partial charge in [0.2, 0.25) is 0 Å². The molecule has 2 saturated heterocycles. The highest BCUT2D eigenvalue weighted by Crippen LogP contribution is 2.39. The largest absolute Gasteiger partial charge is 0.374 e. The van der Waals surface area contributed by atoms with Gasteiger partial charge in [-0.05, 0) is 5.56 Å². The molecule has 0 amide bonds. The number of rotatable bonds is 5. The van der Waals surface area contributed by atoms with Crippen molar-refractivity contribution in [2.75, 3.05) is 13.7 Å². The van der Waals surface area contributed by atoms with Gasteiger partial charge >= 0.3 is 0 Å². The van der Waals surface area contributed by atoms with Crippen LogP contribution in [0.5, 0.6) is 0 Å². The molecule has 2 heterocycles. The van der Waals surface area contributed by atoms with E-state index in [0.29, 0.717) is 13.2 Å². The molecule has 2 fully saturated rings. The van der Waals surface area contributed by atoms with Crippen LogP contribution in [0.3, 0.4) is 0 Å². The molecular weight excluding hydrogens is 220 g/mol. The molecule has 0 N–H and O–H groups in total. The van der Waals surface area contributed by atoms with Crippen LogP contribution in [0.4, 0.5) is 0 Å². The Bertz CT molecular complexity index is 367. The van der Waals surface area contributed by atoms with E-state index in [2.05, 4.69) is 0 Å². The lowest BCUT2D eigenvalue weighted by Crippen LogP contribution is -2.25. The van der Waals surface area contributed by atoms with Crippen LogP contribution in [0.2, 0.25) is 0 Å². The van der Waals surface area contributed by atoms with Gasteiger partial charge in [0.25, 0.3) is 0 Å². The maximum absolute atomic E-state index is 5.64. The molecule has 4 heteroatoms. The molecule has 0 aliphatic carbocycles. The zero-order chi connectivity index (χ0) is 11.7. The van der Waals surface area contributed by atoms with Crippen molar-refractivity contribution in [3.8, 4) is 0 Å². The Morgan fingerprint density at radius 3 is 2.65 bits per heavy atom. The van der Waals surface area contributed by atoms with Gasteiger partial charge in [0.15, 0.2) is 6.29 Å². The Hall–Kier alpha value is -0.940. The summed E-state index contributed by atoms with van der Waals surface area (Å²) in [5.74, 6) is 0. The minimum absolute atomic E-state index is 0.00802. The van der Waals surface area contributed by atoms with E-state index >= 15 is 0 Å². The van der Waals surface area contributed by atoms with E-state index in [0.717, 1.165) is 0 Å². The number of ether oxygens (including phenoxy) is 4. The summed E-state index contributed by atoms with van der Waals surface area (Å²) in [5.41, 5.74) is 1.17. The quantitative estimate of drug-likeness (QED) is 0.723. The van der Waals surface area contributed by atoms with Crippen LogP contribution in [-0.2, 0) is 25.6 Å². The van der Waals surface area contributed by atoms with Crippen LogP contribution < -0.4 is 0 Å². The Kier molecular flexibility index (Phi) is 3.11. The van der Waals surface area contributed by atoms with Gasteiger partial charge in [-0.3, -0.25) is 0 Å². The fourth-order valence-electron chi connectivity index (χ4n) is 2.17. The maximum Gasteiger partial charge on any atom is 0.186 e. The number of fused-ring (bicyclic) bond motifs is 1. The molecule has 1 aromatic carbocycles. The highest BCUT2D eigenvalue weighted by molar-refractivity contribution is 5.13. The van der Waals surface area contributed by atoms with Crippen molar-refractivity contribution < 1.29 is 18.9 Å². The molecule has 0 aromatic heterocycles. The SMILES string of the molecule is CO[C@H]1OC(COCc2ccccc2)[C@@H]2O[C@H]12. The minimum Gasteiger partial charge on any atom is -0.374 e. The van der Waals surface area contributed by atoms with E-state index in [1.165, 1.54) is 5.56 Å². The van der Waals surface area contributed by atoms with Gasteiger partial charge in [-0.15, -0.1) is 0 Å². The summed E-state index contributed by atoms with van der Waals surface area (Å²) < 4.78 is 21.9. The Balaban J connectivity index is 1.44. The van der Waals surface area contributed by atoms with Crippen LogP contribution in [-0.4, -0.2) is 38.3 Å². The summed E-state index contributed by atoms with van der Waals surface area (Å²) in [4.78, 5) is 0. The van der Waals surface area contributed by atoms with Crippen LogP contribution in [0.1, 0.15) is 5.56 Å². The number of hydrogen-bond donors (Lipinski definition) is 0. The van der Waals surface area contributed by atoms with E-state index in [1.54, 1.807) is 7.11 Å². The predicted octanol–water partition coefficient (Wildman–Crippen LogP) is 1.34. The molecule has 4 atom stereocenters. The zero-order valence-corrected chi connectivity index (χ0v) is 9.74. The Labute approximate surface area is 100 Å². The summed E-state index contributed by atoms with van der Waals surface area (Å²) >= 11 is 0. The van der Waals surface area contributed by atoms with Crippen LogP contribution in [0.15, 0.2) is 30.3 Å². The van der Waals surface area contributed by atoms with E-state index in [4.69, 9.17) is 18.9 Å². The van der Waals surface area contributed by atoms with Crippen molar-refractivity contribution in [1.82, 2.24) is 0 Å². The molecule has 17 heavy (non-hydrogen) atoms. The molecule has 0 radical (unpaired) electrons. The summed E-state index contributed by atoms with van der Waals surface area (Å²) in [5, 5.41) is 0. The van der Waals surface area contributed by atoms with Crippen molar-refractivity contribution in [3.05, 3.63) is 35.9 Å². The number of epoxide rings is 1. The fourth-order valence-corrected chi connectivity index (χ4v) is 2.17. The average Bonchev–Trinajstić information content (AvgIpc) is 3.09. The van der Waals surface area contributed by atoms with Gasteiger partial charge in [0.05, 0.1) is 13.2 Å². The molecule has 3 rings (SSSR count). The molecule has 2 aliphatic rings. The topological polar surface area (TPSA) is 40.2 Å². The predicted molar refractivity (Wildman–Crippen MR) is 60.4 cm³/mol. The van der Waals surface area contributed by atoms with E-state index in [1.807, 2.05) is 30.3 Å². The van der Waals surface area contributed by atoms with E-state index in [9.17, 15) is 0 Å². The normalized spacial score (nSPS) is 34.6. The monoisotopic (exact) mass is 236 g/mol. The van der Waals surface area contributed by atoms with Crippen molar-refractivity contribution in [2.45, 2.75) is 31.2 Å². The van der Waals surface area contributed by atoms with E-state index in [-0.39, 0.29) is 24.6 Å². The van der Waals surface area contributed by atoms with Crippen molar-refractivity contribution in [2.24, 2.45) is 0 Å². The minimum atomic E-state index is -0.217. The van der Waals surface area contributed by atoms with Crippen molar-refractivity contribution in [3.63, 3.8) is 0 Å². The summed E-state index contributed by atoms with van der Waals surface area (Å²) in [6, 6.07) is 10.1. The van der Waals surface area contributed by atoms with Crippen molar-refractivity contribution in [1.29, 1.82) is 0 Å². The van der Waals surface area contributed by atoms with Crippen LogP contribution in [0.25, 0.3) is 0 Å². The second-order valence-electron chi connectivity index (χ2n) is 4.34. The van der Waals surface area contributed by atoms with Crippen molar-refractivity contribution >= 4 is 0 Å². The summed E-state index contributed by atoms with van der Waals surface area (Å²) in [6.07, 6.45) is 0.0695. The first kappa shape index (κ1) is 11.2. The first-order valence-electron chi connectivity index (χ1n) is 5.84. The second kappa shape index (κ2) is 4.74. The molecule has 0 spiro atoms. The number of methoxy groups -OCH3 is 1. The lowest BCUT2D eigenvalue weighted by Gasteiger charge is -2.16. The maximum atomic E-state index is 5.64. The fraction of sp³-hybridized carbons (Fsp3) is 0.538. The van der Waals surface area contributed by atoms with Gasteiger partial charge in [-0.25, -0.2) is 0 Å². The molecule has 1 aromatic rings. The Morgan fingerprint density at radius 1 is 1.12 bits per heavy atom. The van der Waals surface area contributed by atoms with Crippen LogP contribution in [0, 0.1) is 0 Å². The summed E-state index contributed by atoms with van der Waals surface area (Å²) in [7, 11) is 1.64. The highest BCUT2D eigenvalue weighted by Gasteiger charge is 2.58. The lowest BCUT2D eigenvalue weighted by atomic mass is 10.2. The average molecular weight is 236 g/mol. The molecular formula is C13H16O4. The summed E-state index contributed by atoms with van der Waals surface area (Å²) in [6.45, 7) is 1.16. The van der Waals surface area contributed by atoms with Gasteiger partial charge in [-0.1, -0.05) is 30.3 Å². The first-order chi connectivity index (χ1) is 8.38. The number of benzene rings is 1. The van der Waals surface area contributed by atoms with E-state index < -0.39 is 0 Å². The smallest absolute Gasteiger partial charge is 0.186 e. The third kappa shape index (κ3) is 2.35. The van der Waals surface area contributed by atoms with Crippen LogP contribution >= 0.6 is 0 Å². The highest BCUT2D eigenvalue weighted by atomic mass is 16.8. The molecule has 0 saturated carbocycles. The van der Waals surface area contributed by atoms with Gasteiger partial charge in [0, 0.05) is 7.11 Å².